The largest absolute Gasteiger partial charge is 0.494 e. The normalized spacial score (nSPS) is 14.2. The summed E-state index contributed by atoms with van der Waals surface area (Å²) in [7, 11) is 0. The van der Waals surface area contributed by atoms with E-state index in [9.17, 15) is 9.59 Å². The molecule has 0 radical (unpaired) electrons. The molecule has 1 fully saturated rings. The molecule has 190 valence electrons. The molecule has 2 aromatic carbocycles. The van der Waals surface area contributed by atoms with E-state index in [1.165, 1.54) is 5.56 Å². The van der Waals surface area contributed by atoms with Crippen molar-refractivity contribution in [2.24, 2.45) is 11.5 Å². The van der Waals surface area contributed by atoms with Crippen molar-refractivity contribution < 1.29 is 14.3 Å². The molecule has 1 aliphatic heterocycles. The smallest absolute Gasteiger partial charge is 0.243 e. The third-order valence-corrected chi connectivity index (χ3v) is 5.63. The first-order chi connectivity index (χ1) is 16.8. The summed E-state index contributed by atoms with van der Waals surface area (Å²) in [6.45, 7) is 5.91. The lowest BCUT2D eigenvalue weighted by atomic mass is 10.0. The Bertz CT molecular complexity index is 928. The summed E-state index contributed by atoms with van der Waals surface area (Å²) in [6.07, 6.45) is 1.84. The number of hydrogen-bond donors (Lipinski definition) is 5. The minimum atomic E-state index is -0.663. The maximum absolute atomic E-state index is 12.6. The molecule has 9 heteroatoms. The van der Waals surface area contributed by atoms with Crippen LogP contribution in [0, 0.1) is 12.3 Å². The Balaban J connectivity index is 0.000000360. The summed E-state index contributed by atoms with van der Waals surface area (Å²) < 4.78 is 5.26. The van der Waals surface area contributed by atoms with E-state index in [0.29, 0.717) is 32.4 Å². The van der Waals surface area contributed by atoms with Gasteiger partial charge in [-0.1, -0.05) is 48.0 Å². The predicted molar refractivity (Wildman–Crippen MR) is 138 cm³/mol. The number of ether oxygens (including phenoxy) is 1. The Labute approximate surface area is 207 Å². The molecule has 0 saturated carbocycles. The van der Waals surface area contributed by atoms with Gasteiger partial charge in [0, 0.05) is 25.6 Å². The molecule has 1 heterocycles. The minimum Gasteiger partial charge on any atom is -0.494 e. The van der Waals surface area contributed by atoms with Crippen molar-refractivity contribution >= 4 is 17.8 Å². The first kappa shape index (κ1) is 27.7. The molecule has 1 aliphatic rings. The van der Waals surface area contributed by atoms with Crippen molar-refractivity contribution in [3.63, 3.8) is 0 Å². The second-order valence-electron chi connectivity index (χ2n) is 8.42. The molecule has 0 spiro atoms. The zero-order chi connectivity index (χ0) is 25.6. The summed E-state index contributed by atoms with van der Waals surface area (Å²) in [5.74, 6) is 0.435. The van der Waals surface area contributed by atoms with Gasteiger partial charge in [-0.05, 0) is 44.4 Å². The van der Waals surface area contributed by atoms with E-state index in [0.717, 1.165) is 17.9 Å². The van der Waals surface area contributed by atoms with Crippen LogP contribution in [0.3, 0.4) is 0 Å². The molecular formula is C26H38N6O3. The van der Waals surface area contributed by atoms with Gasteiger partial charge in [-0.2, -0.15) is 0 Å². The number of rotatable bonds is 8. The number of carbonyl (C=O) groups excluding carboxylic acids is 2. The van der Waals surface area contributed by atoms with Gasteiger partial charge in [0.15, 0.2) is 5.96 Å². The molecular weight excluding hydrogens is 444 g/mol. The molecule has 0 aliphatic carbocycles. The minimum absolute atomic E-state index is 0.0103. The van der Waals surface area contributed by atoms with Crippen LogP contribution in [0.1, 0.15) is 30.9 Å². The Hall–Kier alpha value is -3.59. The van der Waals surface area contributed by atoms with Crippen LogP contribution in [-0.2, 0) is 16.0 Å². The molecule has 0 aromatic heterocycles. The maximum atomic E-state index is 12.6. The van der Waals surface area contributed by atoms with Gasteiger partial charge in [0.2, 0.25) is 11.8 Å². The van der Waals surface area contributed by atoms with Gasteiger partial charge in [-0.3, -0.25) is 15.0 Å². The van der Waals surface area contributed by atoms with Crippen LogP contribution in [0.5, 0.6) is 5.75 Å². The average Bonchev–Trinajstić information content (AvgIpc) is 2.86. The molecule has 0 unspecified atom stereocenters. The Morgan fingerprint density at radius 1 is 1.11 bits per heavy atom. The van der Waals surface area contributed by atoms with Crippen molar-refractivity contribution in [1.82, 2.24) is 15.5 Å². The van der Waals surface area contributed by atoms with Crippen molar-refractivity contribution in [3.05, 3.63) is 65.7 Å². The van der Waals surface area contributed by atoms with E-state index in [4.69, 9.17) is 21.6 Å². The van der Waals surface area contributed by atoms with Crippen molar-refractivity contribution in [2.45, 2.75) is 45.2 Å². The molecule has 7 N–H and O–H groups in total. The highest BCUT2D eigenvalue weighted by Gasteiger charge is 2.26. The SMILES string of the molecule is CCOc1ccc(C)cc1.N=C(N)N1CCC(NC(=O)[C@H](Cc2ccccc2)NC(=O)CN)CC1. The van der Waals surface area contributed by atoms with Crippen LogP contribution in [0.2, 0.25) is 0 Å². The van der Waals surface area contributed by atoms with Gasteiger partial charge in [0.25, 0.3) is 0 Å². The molecule has 0 bridgehead atoms. The number of likely N-dealkylation sites (tertiary alicyclic amines) is 1. The monoisotopic (exact) mass is 482 g/mol. The van der Waals surface area contributed by atoms with E-state index < -0.39 is 6.04 Å². The fourth-order valence-electron chi connectivity index (χ4n) is 3.68. The second-order valence-corrected chi connectivity index (χ2v) is 8.42. The lowest BCUT2D eigenvalue weighted by Gasteiger charge is -2.33. The number of guanidine groups is 1. The number of nitrogens with one attached hydrogen (secondary N) is 3. The highest BCUT2D eigenvalue weighted by atomic mass is 16.5. The van der Waals surface area contributed by atoms with Crippen LogP contribution < -0.4 is 26.8 Å². The van der Waals surface area contributed by atoms with Crippen LogP contribution in [0.4, 0.5) is 0 Å². The van der Waals surface area contributed by atoms with Gasteiger partial charge in [-0.15, -0.1) is 0 Å². The van der Waals surface area contributed by atoms with E-state index in [-0.39, 0.29) is 30.4 Å². The second kappa shape index (κ2) is 14.6. The van der Waals surface area contributed by atoms with Gasteiger partial charge in [0.1, 0.15) is 11.8 Å². The summed E-state index contributed by atoms with van der Waals surface area (Å²) in [6, 6.07) is 16.9. The molecule has 2 amide bonds. The maximum Gasteiger partial charge on any atom is 0.243 e. The number of carbonyl (C=O) groups is 2. The first-order valence-electron chi connectivity index (χ1n) is 11.9. The predicted octanol–water partition coefficient (Wildman–Crippen LogP) is 1.54. The molecule has 35 heavy (non-hydrogen) atoms. The van der Waals surface area contributed by atoms with E-state index >= 15 is 0 Å². The zero-order valence-electron chi connectivity index (χ0n) is 20.6. The summed E-state index contributed by atoms with van der Waals surface area (Å²) >= 11 is 0. The summed E-state index contributed by atoms with van der Waals surface area (Å²) in [4.78, 5) is 26.1. The van der Waals surface area contributed by atoms with Crippen LogP contribution in [-0.4, -0.2) is 61.0 Å². The number of amides is 2. The molecule has 2 aromatic rings. The topological polar surface area (TPSA) is 147 Å². The molecule has 1 saturated heterocycles. The molecule has 1 atom stereocenters. The third kappa shape index (κ3) is 10.1. The van der Waals surface area contributed by atoms with E-state index in [1.807, 2.05) is 61.5 Å². The summed E-state index contributed by atoms with van der Waals surface area (Å²) in [5, 5.41) is 13.1. The van der Waals surface area contributed by atoms with Gasteiger partial charge < -0.3 is 31.7 Å². The van der Waals surface area contributed by atoms with Gasteiger partial charge in [0.05, 0.1) is 13.2 Å². The molecule has 9 nitrogen and oxygen atoms in total. The third-order valence-electron chi connectivity index (χ3n) is 5.63. The zero-order valence-corrected chi connectivity index (χ0v) is 20.6. The number of hydrogen-bond acceptors (Lipinski definition) is 5. The lowest BCUT2D eigenvalue weighted by Crippen LogP contribution is -2.54. The van der Waals surface area contributed by atoms with Crippen LogP contribution in [0.25, 0.3) is 0 Å². The fourth-order valence-corrected chi connectivity index (χ4v) is 3.68. The van der Waals surface area contributed by atoms with Crippen LogP contribution >= 0.6 is 0 Å². The number of aryl methyl sites for hydroxylation is 1. The van der Waals surface area contributed by atoms with Crippen molar-refractivity contribution in [2.75, 3.05) is 26.2 Å². The quantitative estimate of drug-likeness (QED) is 0.285. The standard InChI is InChI=1S/C17H26N6O2.C9H12O/c18-11-15(24)22-14(10-12-4-2-1-3-5-12)16(25)21-13-6-8-23(9-7-13)17(19)20;1-3-10-9-6-4-8(2)5-7-9/h1-5,13-14H,6-11,18H2,(H3,19,20)(H,21,25)(H,22,24);4-7H,3H2,1-2H3/t14-;/m0./s1. The van der Waals surface area contributed by atoms with Crippen molar-refractivity contribution in [3.8, 4) is 5.75 Å². The Morgan fingerprint density at radius 3 is 2.29 bits per heavy atom. The number of nitrogens with two attached hydrogens (primary N) is 2. The molecule has 3 rings (SSSR count). The van der Waals surface area contributed by atoms with E-state index in [1.54, 1.807) is 4.90 Å². The van der Waals surface area contributed by atoms with E-state index in [2.05, 4.69) is 17.6 Å². The Morgan fingerprint density at radius 2 is 1.74 bits per heavy atom. The van der Waals surface area contributed by atoms with Crippen LogP contribution in [0.15, 0.2) is 54.6 Å². The lowest BCUT2D eigenvalue weighted by molar-refractivity contribution is -0.129. The number of benzene rings is 2. The van der Waals surface area contributed by atoms with Gasteiger partial charge >= 0.3 is 0 Å². The number of nitrogens with zero attached hydrogens (tertiary/aromatic N) is 1. The van der Waals surface area contributed by atoms with Crippen molar-refractivity contribution in [1.29, 1.82) is 5.41 Å². The number of piperidine rings is 1. The first-order valence-corrected chi connectivity index (χ1v) is 11.9. The Kier molecular flexibility index (Phi) is 11.6. The average molecular weight is 483 g/mol. The summed E-state index contributed by atoms with van der Waals surface area (Å²) in [5.41, 5.74) is 13.1. The fraction of sp³-hybridized carbons (Fsp3) is 0.423. The highest BCUT2D eigenvalue weighted by Crippen LogP contribution is 2.11. The van der Waals surface area contributed by atoms with Gasteiger partial charge in [-0.25, -0.2) is 0 Å². The highest BCUT2D eigenvalue weighted by molar-refractivity contribution is 5.88.